The first kappa shape index (κ1) is 18.8. The zero-order valence-electron chi connectivity index (χ0n) is 14.6. The predicted octanol–water partition coefficient (Wildman–Crippen LogP) is 2.26. The van der Waals surface area contributed by atoms with E-state index in [1.54, 1.807) is 9.47 Å². The third-order valence-electron chi connectivity index (χ3n) is 4.57. The molecule has 3 rings (SSSR count). The van der Waals surface area contributed by atoms with Crippen molar-refractivity contribution in [2.24, 2.45) is 13.0 Å². The highest BCUT2D eigenvalue weighted by Gasteiger charge is 2.35. The summed E-state index contributed by atoms with van der Waals surface area (Å²) < 4.78 is 3.32. The van der Waals surface area contributed by atoms with Gasteiger partial charge in [-0.3, -0.25) is 14.7 Å². The molecular formula is C17H20BrN5O2S. The van der Waals surface area contributed by atoms with Crippen LogP contribution in [0.5, 0.6) is 0 Å². The summed E-state index contributed by atoms with van der Waals surface area (Å²) in [5.41, 5.74) is 1.88. The standard InChI is InChI=1S/C17H20BrN5O2S/c1-10-7-12(3-4-13(10)18)23-9-11(8-15(23)24)16(25)19-6-5-14-20-21-17(26)22(14)2/h3-4,7,11H,5-6,8-9H2,1-2H3,(H,19,25)(H,21,26). The fourth-order valence-electron chi connectivity index (χ4n) is 2.97. The number of aryl methyl sites for hydroxylation is 1. The van der Waals surface area contributed by atoms with Crippen molar-refractivity contribution in [2.45, 2.75) is 19.8 Å². The van der Waals surface area contributed by atoms with Crippen LogP contribution in [-0.4, -0.2) is 39.7 Å². The van der Waals surface area contributed by atoms with Crippen molar-refractivity contribution in [3.05, 3.63) is 38.8 Å². The Balaban J connectivity index is 1.57. The van der Waals surface area contributed by atoms with Crippen molar-refractivity contribution in [2.75, 3.05) is 18.0 Å². The second-order valence-electron chi connectivity index (χ2n) is 6.38. The highest BCUT2D eigenvalue weighted by atomic mass is 79.9. The van der Waals surface area contributed by atoms with Crippen molar-refractivity contribution in [1.29, 1.82) is 0 Å². The molecule has 2 N–H and O–H groups in total. The number of rotatable bonds is 5. The van der Waals surface area contributed by atoms with Gasteiger partial charge in [0.25, 0.3) is 0 Å². The predicted molar refractivity (Wildman–Crippen MR) is 104 cm³/mol. The van der Waals surface area contributed by atoms with Gasteiger partial charge in [-0.1, -0.05) is 15.9 Å². The Bertz CT molecular complexity index is 907. The molecule has 1 aromatic heterocycles. The van der Waals surface area contributed by atoms with Gasteiger partial charge in [0.1, 0.15) is 5.82 Å². The number of carbonyl (C=O) groups is 2. The third-order valence-corrected chi connectivity index (χ3v) is 5.82. The van der Waals surface area contributed by atoms with Crippen LogP contribution in [0, 0.1) is 17.6 Å². The van der Waals surface area contributed by atoms with E-state index >= 15 is 0 Å². The van der Waals surface area contributed by atoms with Crippen LogP contribution in [0.25, 0.3) is 0 Å². The molecule has 1 aliphatic heterocycles. The molecule has 2 heterocycles. The minimum atomic E-state index is -0.339. The van der Waals surface area contributed by atoms with Gasteiger partial charge < -0.3 is 14.8 Å². The number of hydrogen-bond acceptors (Lipinski definition) is 4. The van der Waals surface area contributed by atoms with Gasteiger partial charge in [-0.05, 0) is 42.9 Å². The summed E-state index contributed by atoms with van der Waals surface area (Å²) in [4.78, 5) is 26.4. The van der Waals surface area contributed by atoms with E-state index in [9.17, 15) is 9.59 Å². The molecule has 0 spiro atoms. The molecule has 7 nitrogen and oxygen atoms in total. The topological polar surface area (TPSA) is 83.0 Å². The minimum absolute atomic E-state index is 0.0266. The van der Waals surface area contributed by atoms with E-state index in [1.165, 1.54) is 0 Å². The molecule has 0 saturated carbocycles. The van der Waals surface area contributed by atoms with Gasteiger partial charge in [0, 0.05) is 43.1 Å². The van der Waals surface area contributed by atoms with E-state index in [1.807, 2.05) is 32.2 Å². The van der Waals surface area contributed by atoms with Crippen LogP contribution < -0.4 is 10.2 Å². The van der Waals surface area contributed by atoms with Gasteiger partial charge in [0.2, 0.25) is 11.8 Å². The summed E-state index contributed by atoms with van der Waals surface area (Å²) in [5.74, 6) is 0.312. The maximum Gasteiger partial charge on any atom is 0.227 e. The lowest BCUT2D eigenvalue weighted by atomic mass is 10.1. The van der Waals surface area contributed by atoms with Gasteiger partial charge in [-0.15, -0.1) is 0 Å². The van der Waals surface area contributed by atoms with Gasteiger partial charge in [0.05, 0.1) is 5.92 Å². The van der Waals surface area contributed by atoms with E-state index in [2.05, 4.69) is 31.4 Å². The number of amides is 2. The third kappa shape index (κ3) is 3.88. The van der Waals surface area contributed by atoms with Gasteiger partial charge in [-0.25, -0.2) is 0 Å². The number of nitrogens with one attached hydrogen (secondary N) is 2. The van der Waals surface area contributed by atoms with Crippen molar-refractivity contribution < 1.29 is 9.59 Å². The smallest absolute Gasteiger partial charge is 0.227 e. The number of H-pyrrole nitrogens is 1. The molecule has 1 saturated heterocycles. The number of carbonyl (C=O) groups excluding carboxylic acids is 2. The summed E-state index contributed by atoms with van der Waals surface area (Å²) in [6.07, 6.45) is 0.805. The number of halogens is 1. The van der Waals surface area contributed by atoms with Crippen LogP contribution in [0.3, 0.4) is 0 Å². The molecule has 1 atom stereocenters. The molecule has 26 heavy (non-hydrogen) atoms. The lowest BCUT2D eigenvalue weighted by molar-refractivity contribution is -0.126. The molecule has 1 fully saturated rings. The second-order valence-corrected chi connectivity index (χ2v) is 7.62. The fourth-order valence-corrected chi connectivity index (χ4v) is 3.37. The van der Waals surface area contributed by atoms with Crippen molar-refractivity contribution in [3.63, 3.8) is 0 Å². The molecule has 1 aromatic carbocycles. The molecule has 2 aromatic rings. The van der Waals surface area contributed by atoms with Crippen LogP contribution >= 0.6 is 28.1 Å². The first-order valence-electron chi connectivity index (χ1n) is 8.31. The van der Waals surface area contributed by atoms with Crippen molar-refractivity contribution >= 4 is 45.6 Å². The molecule has 138 valence electrons. The molecule has 1 unspecified atom stereocenters. The SMILES string of the molecule is Cc1cc(N2CC(C(=O)NCCc3n[nH]c(=S)n3C)CC2=O)ccc1Br. The molecule has 0 radical (unpaired) electrons. The fraction of sp³-hybridized carbons (Fsp3) is 0.412. The quantitative estimate of drug-likeness (QED) is 0.702. The van der Waals surface area contributed by atoms with Crippen LogP contribution in [0.2, 0.25) is 0 Å². The Labute approximate surface area is 164 Å². The highest BCUT2D eigenvalue weighted by molar-refractivity contribution is 9.10. The number of aromatic amines is 1. The molecule has 0 aliphatic carbocycles. The van der Waals surface area contributed by atoms with Gasteiger partial charge >= 0.3 is 0 Å². The van der Waals surface area contributed by atoms with Crippen molar-refractivity contribution in [1.82, 2.24) is 20.1 Å². The van der Waals surface area contributed by atoms with Gasteiger partial charge in [-0.2, -0.15) is 5.10 Å². The number of benzene rings is 1. The lowest BCUT2D eigenvalue weighted by Crippen LogP contribution is -2.34. The van der Waals surface area contributed by atoms with Crippen molar-refractivity contribution in [3.8, 4) is 0 Å². The summed E-state index contributed by atoms with van der Waals surface area (Å²) in [6.45, 7) is 2.83. The molecular weight excluding hydrogens is 418 g/mol. The maximum absolute atomic E-state index is 12.4. The zero-order valence-corrected chi connectivity index (χ0v) is 17.0. The average Bonchev–Trinajstić information content (AvgIpc) is 3.14. The van der Waals surface area contributed by atoms with Crippen LogP contribution in [0.15, 0.2) is 22.7 Å². The summed E-state index contributed by atoms with van der Waals surface area (Å²) in [7, 11) is 1.83. The number of hydrogen-bond donors (Lipinski definition) is 2. The average molecular weight is 438 g/mol. The Morgan fingerprint density at radius 3 is 2.92 bits per heavy atom. The zero-order chi connectivity index (χ0) is 18.8. The van der Waals surface area contributed by atoms with E-state index < -0.39 is 0 Å². The summed E-state index contributed by atoms with van der Waals surface area (Å²) >= 11 is 8.52. The summed E-state index contributed by atoms with van der Waals surface area (Å²) in [6, 6.07) is 5.76. The van der Waals surface area contributed by atoms with Crippen LogP contribution in [-0.2, 0) is 23.1 Å². The molecule has 1 aliphatic rings. The highest BCUT2D eigenvalue weighted by Crippen LogP contribution is 2.28. The Hall–Kier alpha value is -2.00. The largest absolute Gasteiger partial charge is 0.355 e. The number of aromatic nitrogens is 3. The minimum Gasteiger partial charge on any atom is -0.355 e. The normalized spacial score (nSPS) is 17.0. The van der Waals surface area contributed by atoms with E-state index in [0.29, 0.717) is 24.3 Å². The monoisotopic (exact) mass is 437 g/mol. The summed E-state index contributed by atoms with van der Waals surface area (Å²) in [5, 5.41) is 9.73. The van der Waals surface area contributed by atoms with E-state index in [-0.39, 0.29) is 24.2 Å². The first-order chi connectivity index (χ1) is 12.4. The van der Waals surface area contributed by atoms with E-state index in [4.69, 9.17) is 12.2 Å². The second kappa shape index (κ2) is 7.71. The first-order valence-corrected chi connectivity index (χ1v) is 9.51. The molecule has 0 bridgehead atoms. The number of nitrogens with zero attached hydrogens (tertiary/aromatic N) is 3. The lowest BCUT2D eigenvalue weighted by Gasteiger charge is -2.17. The Morgan fingerprint density at radius 1 is 1.50 bits per heavy atom. The van der Waals surface area contributed by atoms with Crippen LogP contribution in [0.1, 0.15) is 17.8 Å². The molecule has 2 amide bonds. The Kier molecular flexibility index (Phi) is 5.57. The van der Waals surface area contributed by atoms with E-state index in [0.717, 1.165) is 21.5 Å². The van der Waals surface area contributed by atoms with Gasteiger partial charge in [0.15, 0.2) is 4.77 Å². The Morgan fingerprint density at radius 2 is 2.27 bits per heavy atom. The number of anilines is 1. The van der Waals surface area contributed by atoms with Crippen LogP contribution in [0.4, 0.5) is 5.69 Å². The maximum atomic E-state index is 12.4. The molecule has 9 heteroatoms.